The Labute approximate surface area is 73.6 Å². The molecule has 0 aromatic heterocycles. The highest BCUT2D eigenvalue weighted by Gasteiger charge is 2.35. The van der Waals surface area contributed by atoms with Crippen LogP contribution in [0.4, 0.5) is 0 Å². The SMILES string of the molecule is CCCC1(O)CCCSC1C. The van der Waals surface area contributed by atoms with E-state index in [2.05, 4.69) is 13.8 Å². The Bertz CT molecular complexity index is 123. The topological polar surface area (TPSA) is 20.2 Å². The van der Waals surface area contributed by atoms with E-state index in [0.29, 0.717) is 5.25 Å². The Morgan fingerprint density at radius 3 is 2.91 bits per heavy atom. The highest BCUT2D eigenvalue weighted by molar-refractivity contribution is 8.00. The van der Waals surface area contributed by atoms with Crippen molar-refractivity contribution in [2.24, 2.45) is 0 Å². The van der Waals surface area contributed by atoms with Crippen LogP contribution in [0.15, 0.2) is 0 Å². The molecule has 1 rings (SSSR count). The lowest BCUT2D eigenvalue weighted by molar-refractivity contribution is 0.0202. The van der Waals surface area contributed by atoms with Crippen LogP contribution in [0.25, 0.3) is 0 Å². The number of aliphatic hydroxyl groups is 1. The van der Waals surface area contributed by atoms with Crippen molar-refractivity contribution in [3.8, 4) is 0 Å². The summed E-state index contributed by atoms with van der Waals surface area (Å²) in [6.07, 6.45) is 4.27. The Balaban J connectivity index is 2.49. The third-order valence-electron chi connectivity index (χ3n) is 2.56. The maximum absolute atomic E-state index is 10.1. The highest BCUT2D eigenvalue weighted by Crippen LogP contribution is 2.36. The van der Waals surface area contributed by atoms with Gasteiger partial charge in [0.2, 0.25) is 0 Å². The van der Waals surface area contributed by atoms with Gasteiger partial charge in [0.05, 0.1) is 5.60 Å². The summed E-state index contributed by atoms with van der Waals surface area (Å²) in [6.45, 7) is 4.30. The normalized spacial score (nSPS) is 39.0. The summed E-state index contributed by atoms with van der Waals surface area (Å²) in [6, 6.07) is 0. The second kappa shape index (κ2) is 3.81. The molecule has 2 heteroatoms. The zero-order chi connectivity index (χ0) is 8.32. The average Bonchev–Trinajstić information content (AvgIpc) is 1.96. The second-order valence-electron chi connectivity index (χ2n) is 3.47. The van der Waals surface area contributed by atoms with E-state index in [9.17, 15) is 5.11 Å². The van der Waals surface area contributed by atoms with Crippen molar-refractivity contribution < 1.29 is 5.11 Å². The summed E-state index contributed by atoms with van der Waals surface area (Å²) >= 11 is 1.91. The van der Waals surface area contributed by atoms with Crippen molar-refractivity contribution in [1.29, 1.82) is 0 Å². The van der Waals surface area contributed by atoms with Crippen LogP contribution in [-0.2, 0) is 0 Å². The lowest BCUT2D eigenvalue weighted by atomic mass is 9.89. The molecule has 0 aromatic carbocycles. The van der Waals surface area contributed by atoms with Gasteiger partial charge in [-0.25, -0.2) is 0 Å². The first-order valence-electron chi connectivity index (χ1n) is 4.53. The van der Waals surface area contributed by atoms with E-state index in [-0.39, 0.29) is 5.60 Å². The van der Waals surface area contributed by atoms with Crippen LogP contribution in [0.3, 0.4) is 0 Å². The van der Waals surface area contributed by atoms with Gasteiger partial charge in [-0.2, -0.15) is 11.8 Å². The second-order valence-corrected chi connectivity index (χ2v) is 4.92. The molecule has 2 unspecified atom stereocenters. The van der Waals surface area contributed by atoms with Crippen LogP contribution < -0.4 is 0 Å². The zero-order valence-corrected chi connectivity index (χ0v) is 8.28. The largest absolute Gasteiger partial charge is 0.389 e. The Kier molecular flexibility index (Phi) is 3.26. The van der Waals surface area contributed by atoms with E-state index in [0.717, 1.165) is 19.3 Å². The fourth-order valence-corrected chi connectivity index (χ4v) is 2.97. The lowest BCUT2D eigenvalue weighted by Gasteiger charge is -2.37. The number of hydrogen-bond acceptors (Lipinski definition) is 2. The highest BCUT2D eigenvalue weighted by atomic mass is 32.2. The predicted molar refractivity (Wildman–Crippen MR) is 51.0 cm³/mol. The van der Waals surface area contributed by atoms with Crippen LogP contribution in [0.2, 0.25) is 0 Å². The third-order valence-corrected chi connectivity index (χ3v) is 4.02. The molecule has 0 amide bonds. The minimum atomic E-state index is -0.350. The molecule has 0 aromatic rings. The summed E-state index contributed by atoms with van der Waals surface area (Å²) in [5.41, 5.74) is -0.350. The van der Waals surface area contributed by atoms with Crippen molar-refractivity contribution >= 4 is 11.8 Å². The van der Waals surface area contributed by atoms with Gasteiger partial charge in [0, 0.05) is 5.25 Å². The summed E-state index contributed by atoms with van der Waals surface area (Å²) < 4.78 is 0. The summed E-state index contributed by atoms with van der Waals surface area (Å²) in [5, 5.41) is 10.6. The van der Waals surface area contributed by atoms with E-state index >= 15 is 0 Å². The standard InChI is InChI=1S/C9H18OS/c1-3-5-9(10)6-4-7-11-8(9)2/h8,10H,3-7H2,1-2H3. The van der Waals surface area contributed by atoms with Gasteiger partial charge in [-0.05, 0) is 25.0 Å². The first-order chi connectivity index (χ1) is 5.19. The van der Waals surface area contributed by atoms with E-state index in [1.165, 1.54) is 12.2 Å². The van der Waals surface area contributed by atoms with Gasteiger partial charge in [-0.1, -0.05) is 20.3 Å². The van der Waals surface area contributed by atoms with Crippen molar-refractivity contribution in [1.82, 2.24) is 0 Å². The van der Waals surface area contributed by atoms with Gasteiger partial charge in [-0.3, -0.25) is 0 Å². The van der Waals surface area contributed by atoms with Crippen LogP contribution >= 0.6 is 11.8 Å². The number of hydrogen-bond donors (Lipinski definition) is 1. The molecule has 1 fully saturated rings. The fraction of sp³-hybridized carbons (Fsp3) is 1.00. The number of rotatable bonds is 2. The van der Waals surface area contributed by atoms with Gasteiger partial charge in [-0.15, -0.1) is 0 Å². The molecule has 1 aliphatic rings. The van der Waals surface area contributed by atoms with E-state index in [1.54, 1.807) is 0 Å². The molecule has 1 nitrogen and oxygen atoms in total. The summed E-state index contributed by atoms with van der Waals surface area (Å²) in [7, 11) is 0. The summed E-state index contributed by atoms with van der Waals surface area (Å²) in [5.74, 6) is 1.23. The third kappa shape index (κ3) is 2.12. The lowest BCUT2D eigenvalue weighted by Crippen LogP contribution is -2.41. The smallest absolute Gasteiger partial charge is 0.0763 e. The van der Waals surface area contributed by atoms with Crippen molar-refractivity contribution in [2.45, 2.75) is 50.4 Å². The first kappa shape index (κ1) is 9.40. The van der Waals surface area contributed by atoms with Crippen molar-refractivity contribution in [3.05, 3.63) is 0 Å². The molecule has 0 radical (unpaired) electrons. The monoisotopic (exact) mass is 174 g/mol. The Morgan fingerprint density at radius 1 is 1.64 bits per heavy atom. The van der Waals surface area contributed by atoms with E-state index < -0.39 is 0 Å². The minimum Gasteiger partial charge on any atom is -0.389 e. The number of thioether (sulfide) groups is 1. The van der Waals surface area contributed by atoms with E-state index in [4.69, 9.17) is 0 Å². The molecule has 1 aliphatic heterocycles. The van der Waals surface area contributed by atoms with Crippen molar-refractivity contribution in [2.75, 3.05) is 5.75 Å². The molecule has 11 heavy (non-hydrogen) atoms. The average molecular weight is 174 g/mol. The van der Waals surface area contributed by atoms with Crippen LogP contribution in [0.5, 0.6) is 0 Å². The fourth-order valence-electron chi connectivity index (χ4n) is 1.76. The maximum Gasteiger partial charge on any atom is 0.0763 e. The minimum absolute atomic E-state index is 0.350. The molecule has 0 spiro atoms. The van der Waals surface area contributed by atoms with Crippen LogP contribution in [0.1, 0.15) is 39.5 Å². The van der Waals surface area contributed by atoms with E-state index in [1.807, 2.05) is 11.8 Å². The molecule has 0 bridgehead atoms. The maximum atomic E-state index is 10.1. The molecule has 0 saturated carbocycles. The van der Waals surface area contributed by atoms with Crippen LogP contribution in [0, 0.1) is 0 Å². The predicted octanol–water partition coefficient (Wildman–Crippen LogP) is 2.43. The Hall–Kier alpha value is 0.310. The van der Waals surface area contributed by atoms with Gasteiger partial charge >= 0.3 is 0 Å². The summed E-state index contributed by atoms with van der Waals surface area (Å²) in [4.78, 5) is 0. The van der Waals surface area contributed by atoms with Crippen LogP contribution in [-0.4, -0.2) is 21.7 Å². The molecular weight excluding hydrogens is 156 g/mol. The molecule has 1 N–H and O–H groups in total. The zero-order valence-electron chi connectivity index (χ0n) is 7.47. The molecule has 0 aliphatic carbocycles. The van der Waals surface area contributed by atoms with Gasteiger partial charge < -0.3 is 5.11 Å². The molecule has 1 heterocycles. The first-order valence-corrected chi connectivity index (χ1v) is 5.58. The van der Waals surface area contributed by atoms with Gasteiger partial charge in [0.25, 0.3) is 0 Å². The van der Waals surface area contributed by atoms with Gasteiger partial charge in [0.1, 0.15) is 0 Å². The van der Waals surface area contributed by atoms with Gasteiger partial charge in [0.15, 0.2) is 0 Å². The molecular formula is C9H18OS. The molecule has 2 atom stereocenters. The quantitative estimate of drug-likeness (QED) is 0.694. The Morgan fingerprint density at radius 2 is 2.36 bits per heavy atom. The molecule has 66 valence electrons. The van der Waals surface area contributed by atoms with Crippen molar-refractivity contribution in [3.63, 3.8) is 0 Å². The molecule has 1 saturated heterocycles.